The number of hydrogen-bond donors (Lipinski definition) is 1. The van der Waals surface area contributed by atoms with Gasteiger partial charge in [0.2, 0.25) is 0 Å². The third kappa shape index (κ3) is 4.22. The Bertz CT molecular complexity index is 293. The molecular formula is C10H13BrClNS. The number of halogens is 2. The van der Waals surface area contributed by atoms with Crippen molar-refractivity contribution in [1.82, 2.24) is 5.32 Å². The molecule has 14 heavy (non-hydrogen) atoms. The van der Waals surface area contributed by atoms with Gasteiger partial charge in [-0.25, -0.2) is 0 Å². The van der Waals surface area contributed by atoms with Gasteiger partial charge < -0.3 is 5.32 Å². The molecule has 1 N–H and O–H groups in total. The number of benzene rings is 1. The van der Waals surface area contributed by atoms with Crippen LogP contribution in [-0.2, 0) is 6.54 Å². The number of hydrogen-bond acceptors (Lipinski definition) is 2. The lowest BCUT2D eigenvalue weighted by Gasteiger charge is -2.04. The first-order valence-electron chi connectivity index (χ1n) is 4.37. The largest absolute Gasteiger partial charge is 0.312 e. The van der Waals surface area contributed by atoms with Gasteiger partial charge in [0.1, 0.15) is 0 Å². The third-order valence-electron chi connectivity index (χ3n) is 1.80. The Morgan fingerprint density at radius 1 is 1.50 bits per heavy atom. The van der Waals surface area contributed by atoms with Gasteiger partial charge in [0, 0.05) is 23.3 Å². The maximum atomic E-state index is 5.98. The highest BCUT2D eigenvalue weighted by Gasteiger charge is 1.98. The van der Waals surface area contributed by atoms with Crippen LogP contribution >= 0.6 is 39.3 Å². The first-order chi connectivity index (χ1) is 6.74. The lowest BCUT2D eigenvalue weighted by molar-refractivity contribution is 0.732. The van der Waals surface area contributed by atoms with Gasteiger partial charge in [-0.2, -0.15) is 11.8 Å². The van der Waals surface area contributed by atoms with E-state index in [-0.39, 0.29) is 0 Å². The van der Waals surface area contributed by atoms with E-state index < -0.39 is 0 Å². The monoisotopic (exact) mass is 293 g/mol. The minimum atomic E-state index is 0.772. The average molecular weight is 295 g/mol. The molecule has 4 heteroatoms. The van der Waals surface area contributed by atoms with Crippen LogP contribution < -0.4 is 5.32 Å². The van der Waals surface area contributed by atoms with E-state index in [2.05, 4.69) is 33.6 Å². The molecule has 0 aliphatic heterocycles. The van der Waals surface area contributed by atoms with Crippen LogP contribution in [-0.4, -0.2) is 18.6 Å². The van der Waals surface area contributed by atoms with Crippen molar-refractivity contribution in [2.75, 3.05) is 18.6 Å². The molecule has 0 heterocycles. The van der Waals surface area contributed by atoms with Crippen LogP contribution in [0.15, 0.2) is 22.7 Å². The molecule has 0 saturated carbocycles. The van der Waals surface area contributed by atoms with Gasteiger partial charge in [0.25, 0.3) is 0 Å². The summed E-state index contributed by atoms with van der Waals surface area (Å²) in [4.78, 5) is 0. The zero-order valence-electron chi connectivity index (χ0n) is 8.02. The number of rotatable bonds is 5. The first kappa shape index (κ1) is 12.4. The highest BCUT2D eigenvalue weighted by atomic mass is 79.9. The summed E-state index contributed by atoms with van der Waals surface area (Å²) in [5.74, 6) is 1.14. The fourth-order valence-corrected chi connectivity index (χ4v) is 1.85. The average Bonchev–Trinajstić information content (AvgIpc) is 2.18. The van der Waals surface area contributed by atoms with Gasteiger partial charge in [-0.05, 0) is 39.9 Å². The smallest absolute Gasteiger partial charge is 0.0551 e. The minimum Gasteiger partial charge on any atom is -0.312 e. The van der Waals surface area contributed by atoms with Gasteiger partial charge >= 0.3 is 0 Å². The molecule has 0 amide bonds. The van der Waals surface area contributed by atoms with E-state index in [1.165, 1.54) is 5.56 Å². The van der Waals surface area contributed by atoms with Gasteiger partial charge in [0.05, 0.1) is 5.02 Å². The molecule has 0 unspecified atom stereocenters. The van der Waals surface area contributed by atoms with Crippen LogP contribution in [0.25, 0.3) is 0 Å². The molecule has 0 fully saturated rings. The summed E-state index contributed by atoms with van der Waals surface area (Å²) >= 11 is 11.2. The maximum absolute atomic E-state index is 5.98. The summed E-state index contributed by atoms with van der Waals surface area (Å²) in [6, 6.07) is 6.04. The van der Waals surface area contributed by atoms with Gasteiger partial charge in [-0.15, -0.1) is 0 Å². The second-order valence-electron chi connectivity index (χ2n) is 2.92. The zero-order valence-corrected chi connectivity index (χ0v) is 11.2. The molecule has 0 spiro atoms. The molecule has 1 aromatic carbocycles. The molecule has 0 saturated heterocycles. The zero-order chi connectivity index (χ0) is 10.4. The van der Waals surface area contributed by atoms with Crippen LogP contribution in [0.4, 0.5) is 0 Å². The van der Waals surface area contributed by atoms with E-state index in [4.69, 9.17) is 11.6 Å². The predicted molar refractivity (Wildman–Crippen MR) is 69.2 cm³/mol. The molecule has 0 bridgehead atoms. The summed E-state index contributed by atoms with van der Waals surface area (Å²) in [6.45, 7) is 1.92. The highest BCUT2D eigenvalue weighted by molar-refractivity contribution is 9.10. The predicted octanol–water partition coefficient (Wildman–Crippen LogP) is 3.56. The lowest BCUT2D eigenvalue weighted by atomic mass is 10.2. The van der Waals surface area contributed by atoms with Crippen molar-refractivity contribution in [3.63, 3.8) is 0 Å². The molecule has 0 radical (unpaired) electrons. The second kappa shape index (κ2) is 6.72. The van der Waals surface area contributed by atoms with E-state index in [1.807, 2.05) is 23.9 Å². The van der Waals surface area contributed by atoms with E-state index in [0.29, 0.717) is 0 Å². The van der Waals surface area contributed by atoms with Crippen molar-refractivity contribution in [3.8, 4) is 0 Å². The summed E-state index contributed by atoms with van der Waals surface area (Å²) in [7, 11) is 0. The van der Waals surface area contributed by atoms with Crippen molar-refractivity contribution in [2.45, 2.75) is 6.54 Å². The van der Waals surface area contributed by atoms with Crippen molar-refractivity contribution < 1.29 is 0 Å². The molecular weight excluding hydrogens is 282 g/mol. The Morgan fingerprint density at radius 2 is 2.29 bits per heavy atom. The Morgan fingerprint density at radius 3 is 2.93 bits per heavy atom. The standard InChI is InChI=1S/C10H13BrClNS/c1-14-5-4-13-7-8-2-3-9(11)10(12)6-8/h2-3,6,13H,4-5,7H2,1H3. The Kier molecular flexibility index (Phi) is 5.94. The Balaban J connectivity index is 2.39. The normalized spacial score (nSPS) is 10.5. The summed E-state index contributed by atoms with van der Waals surface area (Å²) in [5.41, 5.74) is 1.22. The highest BCUT2D eigenvalue weighted by Crippen LogP contribution is 2.22. The van der Waals surface area contributed by atoms with E-state index in [9.17, 15) is 0 Å². The molecule has 1 rings (SSSR count). The van der Waals surface area contributed by atoms with Crippen molar-refractivity contribution >= 4 is 39.3 Å². The molecule has 0 aromatic heterocycles. The SMILES string of the molecule is CSCCNCc1ccc(Br)c(Cl)c1. The van der Waals surface area contributed by atoms with E-state index >= 15 is 0 Å². The van der Waals surface area contributed by atoms with Crippen LogP contribution in [0.1, 0.15) is 5.56 Å². The van der Waals surface area contributed by atoms with Gasteiger partial charge in [-0.1, -0.05) is 17.7 Å². The fraction of sp³-hybridized carbons (Fsp3) is 0.400. The van der Waals surface area contributed by atoms with Crippen LogP contribution in [0, 0.1) is 0 Å². The molecule has 1 nitrogen and oxygen atoms in total. The Labute approximate surface area is 103 Å². The maximum Gasteiger partial charge on any atom is 0.0551 e. The molecule has 78 valence electrons. The van der Waals surface area contributed by atoms with Crippen LogP contribution in [0.3, 0.4) is 0 Å². The first-order valence-corrected chi connectivity index (χ1v) is 6.94. The molecule has 0 atom stereocenters. The third-order valence-corrected chi connectivity index (χ3v) is 3.64. The van der Waals surface area contributed by atoms with Crippen LogP contribution in [0.5, 0.6) is 0 Å². The number of nitrogens with one attached hydrogen (secondary N) is 1. The van der Waals surface area contributed by atoms with Gasteiger partial charge in [-0.3, -0.25) is 0 Å². The molecule has 0 aliphatic rings. The summed E-state index contributed by atoms with van der Waals surface area (Å²) in [5, 5.41) is 4.13. The second-order valence-corrected chi connectivity index (χ2v) is 5.17. The van der Waals surface area contributed by atoms with E-state index in [0.717, 1.165) is 28.3 Å². The van der Waals surface area contributed by atoms with Crippen molar-refractivity contribution in [1.29, 1.82) is 0 Å². The van der Waals surface area contributed by atoms with Crippen molar-refractivity contribution in [2.24, 2.45) is 0 Å². The molecule has 1 aromatic rings. The Hall–Kier alpha value is 0.300. The quantitative estimate of drug-likeness (QED) is 0.834. The summed E-state index contributed by atoms with van der Waals surface area (Å²) in [6.07, 6.45) is 2.11. The minimum absolute atomic E-state index is 0.772. The molecule has 0 aliphatic carbocycles. The lowest BCUT2D eigenvalue weighted by Crippen LogP contribution is -2.16. The van der Waals surface area contributed by atoms with Gasteiger partial charge in [0.15, 0.2) is 0 Å². The topological polar surface area (TPSA) is 12.0 Å². The fourth-order valence-electron chi connectivity index (χ4n) is 1.06. The number of thioether (sulfide) groups is 1. The van der Waals surface area contributed by atoms with Crippen molar-refractivity contribution in [3.05, 3.63) is 33.3 Å². The summed E-state index contributed by atoms with van der Waals surface area (Å²) < 4.78 is 0.951. The van der Waals surface area contributed by atoms with Crippen LogP contribution in [0.2, 0.25) is 5.02 Å². The van der Waals surface area contributed by atoms with E-state index in [1.54, 1.807) is 0 Å².